The minimum Gasteiger partial charge on any atom is -0.342 e. The topological polar surface area (TPSA) is 92.8 Å². The summed E-state index contributed by atoms with van der Waals surface area (Å²) in [4.78, 5) is 25.1. The molecule has 164 valence electrons. The highest BCUT2D eigenvalue weighted by atomic mass is 16.6. The summed E-state index contributed by atoms with van der Waals surface area (Å²) >= 11 is 0. The number of carbonyl (C=O) groups excluding carboxylic acids is 1. The minimum atomic E-state index is -0.446. The van der Waals surface area contributed by atoms with E-state index in [9.17, 15) is 14.9 Å². The average molecular weight is 431 g/mol. The van der Waals surface area contributed by atoms with E-state index in [1.165, 1.54) is 46.1 Å². The summed E-state index contributed by atoms with van der Waals surface area (Å²) in [6.07, 6.45) is 4.78. The van der Waals surface area contributed by atoms with E-state index >= 15 is 0 Å². The number of nitrogens with one attached hydrogen (secondary N) is 1. The van der Waals surface area contributed by atoms with Crippen molar-refractivity contribution in [3.8, 4) is 0 Å². The van der Waals surface area contributed by atoms with Gasteiger partial charge in [-0.15, -0.1) is 0 Å². The van der Waals surface area contributed by atoms with Crippen molar-refractivity contribution in [2.75, 3.05) is 13.1 Å². The van der Waals surface area contributed by atoms with E-state index in [-0.39, 0.29) is 17.6 Å². The Bertz CT molecular complexity index is 1230. The summed E-state index contributed by atoms with van der Waals surface area (Å²) in [6.45, 7) is 4.14. The fraction of sp³-hybridized carbons (Fsp3) is 0.333. The fourth-order valence-electron chi connectivity index (χ4n) is 5.06. The van der Waals surface area contributed by atoms with Crippen molar-refractivity contribution in [2.24, 2.45) is 5.10 Å². The molecule has 1 aliphatic carbocycles. The molecule has 2 aromatic carbocycles. The highest BCUT2D eigenvalue weighted by Gasteiger charge is 2.35. The molecule has 0 saturated heterocycles. The van der Waals surface area contributed by atoms with Crippen LogP contribution in [0.4, 0.5) is 5.69 Å². The van der Waals surface area contributed by atoms with Crippen LogP contribution in [0, 0.1) is 17.0 Å². The third-order valence-electron chi connectivity index (χ3n) is 6.49. The van der Waals surface area contributed by atoms with Crippen molar-refractivity contribution < 1.29 is 9.72 Å². The van der Waals surface area contributed by atoms with Gasteiger partial charge in [0.25, 0.3) is 11.6 Å². The monoisotopic (exact) mass is 431 g/mol. The van der Waals surface area contributed by atoms with E-state index in [4.69, 9.17) is 0 Å². The highest BCUT2D eigenvalue weighted by Crippen LogP contribution is 2.42. The van der Waals surface area contributed by atoms with Crippen LogP contribution in [-0.4, -0.2) is 39.6 Å². The smallest absolute Gasteiger partial charge is 0.269 e. The molecule has 3 aromatic rings. The molecule has 0 radical (unpaired) electrons. The molecule has 0 unspecified atom stereocenters. The van der Waals surface area contributed by atoms with Crippen LogP contribution in [0.1, 0.15) is 41.3 Å². The molecular weight excluding hydrogens is 406 g/mol. The number of fused-ring (bicyclic) bond motifs is 3. The lowest BCUT2D eigenvalue weighted by Gasteiger charge is -2.39. The number of carbonyl (C=O) groups is 1. The Labute approximate surface area is 185 Å². The van der Waals surface area contributed by atoms with Gasteiger partial charge >= 0.3 is 0 Å². The van der Waals surface area contributed by atoms with Crippen LogP contribution >= 0.6 is 0 Å². The van der Waals surface area contributed by atoms with E-state index in [2.05, 4.69) is 45.1 Å². The molecule has 0 spiro atoms. The molecule has 2 aliphatic rings. The number of rotatable bonds is 5. The number of hydrogen-bond acceptors (Lipinski definition) is 5. The van der Waals surface area contributed by atoms with Crippen molar-refractivity contribution in [3.05, 3.63) is 75.0 Å². The molecule has 8 nitrogen and oxygen atoms in total. The standard InChI is InChI=1S/C24H25N5O3/c1-16-5-10-21-20(13-16)19-3-2-4-22-24(19)28(21)12-11-27(22)15-23(30)26-25-14-17-6-8-18(9-7-17)29(31)32/h5-10,13-14,22H,2-4,11-12,15H2,1H3,(H,26,30)/b25-14+/t22-/m1/s1. The van der Waals surface area contributed by atoms with Crippen molar-refractivity contribution in [3.63, 3.8) is 0 Å². The second-order valence-corrected chi connectivity index (χ2v) is 8.56. The van der Waals surface area contributed by atoms with Crippen LogP contribution in [0.2, 0.25) is 0 Å². The Morgan fingerprint density at radius 1 is 1.25 bits per heavy atom. The Morgan fingerprint density at radius 3 is 2.84 bits per heavy atom. The van der Waals surface area contributed by atoms with Gasteiger partial charge < -0.3 is 4.57 Å². The van der Waals surface area contributed by atoms with Gasteiger partial charge in [0.05, 0.1) is 23.7 Å². The zero-order chi connectivity index (χ0) is 22.2. The number of hydrogen-bond donors (Lipinski definition) is 1. The molecule has 1 aliphatic heterocycles. The lowest BCUT2D eigenvalue weighted by Crippen LogP contribution is -2.44. The quantitative estimate of drug-likeness (QED) is 0.379. The van der Waals surface area contributed by atoms with E-state index in [1.54, 1.807) is 12.1 Å². The van der Waals surface area contributed by atoms with Gasteiger partial charge in [0.15, 0.2) is 0 Å². The predicted molar refractivity (Wildman–Crippen MR) is 123 cm³/mol. The van der Waals surface area contributed by atoms with Gasteiger partial charge in [0.2, 0.25) is 0 Å². The molecule has 1 N–H and O–H groups in total. The van der Waals surface area contributed by atoms with Crippen LogP contribution in [0.5, 0.6) is 0 Å². The molecule has 1 amide bonds. The first-order valence-corrected chi connectivity index (χ1v) is 10.9. The first kappa shape index (κ1) is 20.4. The van der Waals surface area contributed by atoms with E-state index in [1.807, 2.05) is 0 Å². The van der Waals surface area contributed by atoms with Crippen LogP contribution in [0.3, 0.4) is 0 Å². The lowest BCUT2D eigenvalue weighted by molar-refractivity contribution is -0.384. The first-order chi connectivity index (χ1) is 15.5. The second kappa shape index (κ2) is 8.20. The molecule has 1 aromatic heterocycles. The second-order valence-electron chi connectivity index (χ2n) is 8.56. The fourth-order valence-corrected chi connectivity index (χ4v) is 5.06. The number of nitrogens with zero attached hydrogens (tertiary/aromatic N) is 4. The third kappa shape index (κ3) is 3.67. The maximum absolute atomic E-state index is 12.6. The van der Waals surface area contributed by atoms with Crippen LogP contribution < -0.4 is 5.43 Å². The Balaban J connectivity index is 1.28. The van der Waals surface area contributed by atoms with Crippen molar-refractivity contribution in [1.29, 1.82) is 0 Å². The molecule has 0 saturated carbocycles. The van der Waals surface area contributed by atoms with Gasteiger partial charge in [-0.2, -0.15) is 5.10 Å². The number of nitro groups is 1. The molecule has 1 atom stereocenters. The molecular formula is C24H25N5O3. The number of hydrazone groups is 1. The number of non-ortho nitro benzene ring substituents is 1. The summed E-state index contributed by atoms with van der Waals surface area (Å²) in [6, 6.07) is 13.0. The van der Waals surface area contributed by atoms with Gasteiger partial charge in [0, 0.05) is 41.8 Å². The highest BCUT2D eigenvalue weighted by molar-refractivity contribution is 5.87. The summed E-state index contributed by atoms with van der Waals surface area (Å²) in [5.41, 5.74) is 8.72. The molecule has 0 bridgehead atoms. The van der Waals surface area contributed by atoms with Gasteiger partial charge in [-0.3, -0.25) is 19.8 Å². The first-order valence-electron chi connectivity index (χ1n) is 10.9. The molecule has 2 heterocycles. The van der Waals surface area contributed by atoms with Crippen molar-refractivity contribution >= 4 is 28.7 Å². The van der Waals surface area contributed by atoms with E-state index < -0.39 is 4.92 Å². The number of amides is 1. The van der Waals surface area contributed by atoms with E-state index in [0.717, 1.165) is 32.4 Å². The van der Waals surface area contributed by atoms with Crippen molar-refractivity contribution in [2.45, 2.75) is 38.8 Å². The van der Waals surface area contributed by atoms with Gasteiger partial charge in [-0.25, -0.2) is 5.43 Å². The van der Waals surface area contributed by atoms with Crippen molar-refractivity contribution in [1.82, 2.24) is 14.9 Å². The zero-order valence-electron chi connectivity index (χ0n) is 18.0. The summed E-state index contributed by atoms with van der Waals surface area (Å²) in [7, 11) is 0. The third-order valence-corrected chi connectivity index (χ3v) is 6.49. The number of benzene rings is 2. The van der Waals surface area contributed by atoms with Gasteiger partial charge in [0.1, 0.15) is 0 Å². The number of aryl methyl sites for hydroxylation is 2. The SMILES string of the molecule is Cc1ccc2c(c1)c1c3n2CCN(CC(=O)N/N=C/c2ccc([N+](=O)[O-])cc2)[C@@H]3CCC1. The van der Waals surface area contributed by atoms with Gasteiger partial charge in [-0.1, -0.05) is 11.6 Å². The number of aromatic nitrogens is 1. The van der Waals surface area contributed by atoms with Crippen LogP contribution in [-0.2, 0) is 17.8 Å². The summed E-state index contributed by atoms with van der Waals surface area (Å²) in [5.74, 6) is -0.157. The van der Waals surface area contributed by atoms with Crippen LogP contribution in [0.25, 0.3) is 10.9 Å². The lowest BCUT2D eigenvalue weighted by atomic mass is 9.89. The summed E-state index contributed by atoms with van der Waals surface area (Å²) < 4.78 is 2.45. The molecule has 5 rings (SSSR count). The Hall–Kier alpha value is -3.52. The molecule has 8 heteroatoms. The minimum absolute atomic E-state index is 0.0238. The maximum Gasteiger partial charge on any atom is 0.269 e. The van der Waals surface area contributed by atoms with Crippen LogP contribution in [0.15, 0.2) is 47.6 Å². The Kier molecular flexibility index (Phi) is 5.22. The normalized spacial score (nSPS) is 18.1. The maximum atomic E-state index is 12.6. The zero-order valence-corrected chi connectivity index (χ0v) is 18.0. The largest absolute Gasteiger partial charge is 0.342 e. The summed E-state index contributed by atoms with van der Waals surface area (Å²) in [5, 5.41) is 16.1. The Morgan fingerprint density at radius 2 is 2.06 bits per heavy atom. The predicted octanol–water partition coefficient (Wildman–Crippen LogP) is 3.70. The molecule has 0 fully saturated rings. The van der Waals surface area contributed by atoms with Gasteiger partial charge in [-0.05, 0) is 61.6 Å². The van der Waals surface area contributed by atoms with E-state index in [0.29, 0.717) is 12.1 Å². The molecule has 32 heavy (non-hydrogen) atoms. The number of nitro benzene ring substituents is 1. The average Bonchev–Trinajstić information content (AvgIpc) is 3.10.